The van der Waals surface area contributed by atoms with Gasteiger partial charge in [0, 0.05) is 5.69 Å². The van der Waals surface area contributed by atoms with E-state index < -0.39 is 0 Å². The van der Waals surface area contributed by atoms with Crippen molar-refractivity contribution in [2.45, 2.75) is 51.9 Å². The van der Waals surface area contributed by atoms with Gasteiger partial charge in [-0.3, -0.25) is 19.3 Å². The van der Waals surface area contributed by atoms with E-state index in [4.69, 9.17) is 0 Å². The second-order valence-electron chi connectivity index (χ2n) is 8.14. The first kappa shape index (κ1) is 17.6. The zero-order valence-corrected chi connectivity index (χ0v) is 15.2. The minimum Gasteiger partial charge on any atom is -0.325 e. The third-order valence-corrected chi connectivity index (χ3v) is 5.27. The van der Waals surface area contributed by atoms with Crippen LogP contribution >= 0.6 is 0 Å². The molecule has 0 bridgehead atoms. The molecule has 1 aromatic carbocycles. The molecule has 1 heterocycles. The first-order valence-electron chi connectivity index (χ1n) is 9.03. The Morgan fingerprint density at radius 2 is 1.56 bits per heavy atom. The molecule has 5 nitrogen and oxygen atoms in total. The third kappa shape index (κ3) is 3.60. The van der Waals surface area contributed by atoms with E-state index >= 15 is 0 Å². The molecule has 2 aliphatic rings. The van der Waals surface area contributed by atoms with Crippen molar-refractivity contribution in [1.29, 1.82) is 0 Å². The molecule has 25 heavy (non-hydrogen) atoms. The number of anilines is 1. The van der Waals surface area contributed by atoms with Gasteiger partial charge in [0.25, 0.3) is 0 Å². The van der Waals surface area contributed by atoms with Crippen LogP contribution in [-0.2, 0) is 19.8 Å². The normalized spacial score (nSPS) is 23.6. The molecule has 0 spiro atoms. The van der Waals surface area contributed by atoms with E-state index in [2.05, 4.69) is 26.1 Å². The van der Waals surface area contributed by atoms with Crippen LogP contribution in [0.1, 0.15) is 52.0 Å². The predicted molar refractivity (Wildman–Crippen MR) is 95.9 cm³/mol. The number of nitrogens with zero attached hydrogens (tertiary/aromatic N) is 1. The summed E-state index contributed by atoms with van der Waals surface area (Å²) in [7, 11) is 0. The molecule has 2 fully saturated rings. The van der Waals surface area contributed by atoms with Crippen LogP contribution in [0.5, 0.6) is 0 Å². The number of likely N-dealkylation sites (tertiary alicyclic amines) is 1. The number of rotatable bonds is 3. The van der Waals surface area contributed by atoms with Crippen LogP contribution in [0.25, 0.3) is 0 Å². The van der Waals surface area contributed by atoms with Gasteiger partial charge in [-0.1, -0.05) is 45.7 Å². The van der Waals surface area contributed by atoms with Gasteiger partial charge in [-0.15, -0.1) is 0 Å². The van der Waals surface area contributed by atoms with Crippen LogP contribution in [0.4, 0.5) is 5.69 Å². The van der Waals surface area contributed by atoms with Gasteiger partial charge in [0.1, 0.15) is 6.54 Å². The lowest BCUT2D eigenvalue weighted by Gasteiger charge is -2.19. The summed E-state index contributed by atoms with van der Waals surface area (Å²) in [5, 5.41) is 2.78. The summed E-state index contributed by atoms with van der Waals surface area (Å²) >= 11 is 0. The number of hydrogen-bond donors (Lipinski definition) is 1. The van der Waals surface area contributed by atoms with Crippen molar-refractivity contribution in [3.05, 3.63) is 29.8 Å². The van der Waals surface area contributed by atoms with E-state index in [-0.39, 0.29) is 41.5 Å². The fourth-order valence-electron chi connectivity index (χ4n) is 3.78. The Morgan fingerprint density at radius 3 is 2.04 bits per heavy atom. The van der Waals surface area contributed by atoms with Gasteiger partial charge in [0.05, 0.1) is 11.8 Å². The zero-order chi connectivity index (χ0) is 18.2. The number of hydrogen-bond acceptors (Lipinski definition) is 3. The highest BCUT2D eigenvalue weighted by molar-refractivity contribution is 6.08. The topological polar surface area (TPSA) is 66.5 Å². The van der Waals surface area contributed by atoms with Crippen LogP contribution in [0, 0.1) is 11.8 Å². The highest BCUT2D eigenvalue weighted by Crippen LogP contribution is 2.37. The summed E-state index contributed by atoms with van der Waals surface area (Å²) in [5.74, 6) is -1.09. The van der Waals surface area contributed by atoms with E-state index in [1.165, 1.54) is 5.56 Å². The minimum absolute atomic E-state index is 0.0488. The van der Waals surface area contributed by atoms with E-state index in [0.29, 0.717) is 5.69 Å². The summed E-state index contributed by atoms with van der Waals surface area (Å²) in [4.78, 5) is 38.3. The first-order valence-corrected chi connectivity index (χ1v) is 9.03. The maximum absolute atomic E-state index is 12.4. The van der Waals surface area contributed by atoms with Gasteiger partial charge in [-0.2, -0.15) is 0 Å². The molecule has 1 N–H and O–H groups in total. The quantitative estimate of drug-likeness (QED) is 0.859. The molecule has 0 radical (unpaired) electrons. The summed E-state index contributed by atoms with van der Waals surface area (Å²) < 4.78 is 0. The number of benzene rings is 1. The molecule has 5 heteroatoms. The molecule has 3 amide bonds. The van der Waals surface area contributed by atoms with E-state index in [0.717, 1.165) is 30.6 Å². The van der Waals surface area contributed by atoms with Crippen molar-refractivity contribution < 1.29 is 14.4 Å². The lowest BCUT2D eigenvalue weighted by molar-refractivity contribution is -0.142. The molecule has 1 aliphatic heterocycles. The smallest absolute Gasteiger partial charge is 0.244 e. The molecule has 134 valence electrons. The largest absolute Gasteiger partial charge is 0.325 e. The fraction of sp³-hybridized carbons (Fsp3) is 0.550. The van der Waals surface area contributed by atoms with Crippen LogP contribution in [-0.4, -0.2) is 29.2 Å². The van der Waals surface area contributed by atoms with Crippen molar-refractivity contribution in [1.82, 2.24) is 4.90 Å². The average Bonchev–Trinajstić information content (AvgIpc) is 2.80. The van der Waals surface area contributed by atoms with Crippen molar-refractivity contribution >= 4 is 23.4 Å². The molecule has 2 atom stereocenters. The van der Waals surface area contributed by atoms with Gasteiger partial charge >= 0.3 is 0 Å². The molecule has 0 aromatic heterocycles. The molecule has 3 rings (SSSR count). The van der Waals surface area contributed by atoms with Crippen molar-refractivity contribution in [3.63, 3.8) is 0 Å². The Balaban J connectivity index is 1.63. The molecular formula is C20H26N2O3. The molecule has 1 saturated carbocycles. The zero-order valence-electron chi connectivity index (χ0n) is 15.2. The molecule has 1 aliphatic carbocycles. The van der Waals surface area contributed by atoms with Crippen LogP contribution in [0.2, 0.25) is 0 Å². The Bertz CT molecular complexity index is 664. The fourth-order valence-corrected chi connectivity index (χ4v) is 3.78. The third-order valence-electron chi connectivity index (χ3n) is 5.27. The van der Waals surface area contributed by atoms with Crippen LogP contribution < -0.4 is 5.32 Å². The second-order valence-corrected chi connectivity index (χ2v) is 8.14. The molecular weight excluding hydrogens is 316 g/mol. The van der Waals surface area contributed by atoms with E-state index in [1.54, 1.807) is 0 Å². The van der Waals surface area contributed by atoms with Gasteiger partial charge in [0.2, 0.25) is 17.7 Å². The molecule has 1 aromatic rings. The van der Waals surface area contributed by atoms with Crippen molar-refractivity contribution in [3.8, 4) is 0 Å². The summed E-state index contributed by atoms with van der Waals surface area (Å²) in [6, 6.07) is 7.67. The summed E-state index contributed by atoms with van der Waals surface area (Å²) in [6.45, 7) is 6.20. The van der Waals surface area contributed by atoms with E-state index in [9.17, 15) is 14.4 Å². The van der Waals surface area contributed by atoms with Crippen molar-refractivity contribution in [2.75, 3.05) is 11.9 Å². The minimum atomic E-state index is -0.330. The standard InChI is InChI=1S/C20H26N2O3/c1-20(2,3)13-8-10-14(11-9-13)21-17(23)12-22-18(24)15-6-4-5-7-16(15)19(22)25/h8-11,15-16H,4-7,12H2,1-3H3,(H,21,23). The maximum Gasteiger partial charge on any atom is 0.244 e. The monoisotopic (exact) mass is 342 g/mol. The van der Waals surface area contributed by atoms with Gasteiger partial charge in [-0.05, 0) is 36.0 Å². The van der Waals surface area contributed by atoms with Crippen LogP contribution in [0.15, 0.2) is 24.3 Å². The van der Waals surface area contributed by atoms with Gasteiger partial charge in [-0.25, -0.2) is 0 Å². The summed E-state index contributed by atoms with van der Waals surface area (Å²) in [6.07, 6.45) is 3.50. The van der Waals surface area contributed by atoms with Crippen LogP contribution in [0.3, 0.4) is 0 Å². The number of fused-ring (bicyclic) bond motifs is 1. The maximum atomic E-state index is 12.4. The van der Waals surface area contributed by atoms with Crippen molar-refractivity contribution in [2.24, 2.45) is 11.8 Å². The highest BCUT2D eigenvalue weighted by Gasteiger charge is 2.48. The number of imide groups is 1. The Kier molecular flexibility index (Phi) is 4.67. The lowest BCUT2D eigenvalue weighted by Crippen LogP contribution is -2.38. The predicted octanol–water partition coefficient (Wildman–Crippen LogP) is 3.10. The lowest BCUT2D eigenvalue weighted by atomic mass is 9.81. The molecule has 2 unspecified atom stereocenters. The summed E-state index contributed by atoms with van der Waals surface area (Å²) in [5.41, 5.74) is 1.90. The Hall–Kier alpha value is -2.17. The Labute approximate surface area is 148 Å². The Morgan fingerprint density at radius 1 is 1.04 bits per heavy atom. The highest BCUT2D eigenvalue weighted by atomic mass is 16.2. The molecule has 1 saturated heterocycles. The van der Waals surface area contributed by atoms with Gasteiger partial charge in [0.15, 0.2) is 0 Å². The SMILES string of the molecule is CC(C)(C)c1ccc(NC(=O)CN2C(=O)C3CCCCC3C2=O)cc1. The number of carbonyl (C=O) groups is 3. The van der Waals surface area contributed by atoms with E-state index in [1.807, 2.05) is 24.3 Å². The number of nitrogens with one attached hydrogen (secondary N) is 1. The number of amides is 3. The average molecular weight is 342 g/mol. The second kappa shape index (κ2) is 6.62. The number of carbonyl (C=O) groups excluding carboxylic acids is 3. The first-order chi connectivity index (χ1) is 11.8. The van der Waals surface area contributed by atoms with Gasteiger partial charge < -0.3 is 5.32 Å².